The van der Waals surface area contributed by atoms with E-state index in [4.69, 9.17) is 4.42 Å². The molecule has 8 aromatic carbocycles. The molecule has 0 bridgehead atoms. The normalized spacial score (nSPS) is 13.1. The number of rotatable bonds is 5. The fraction of sp³-hybridized carbons (Fsp3) is 0.0612. The molecule has 0 N–H and O–H groups in total. The molecule has 0 spiro atoms. The first-order chi connectivity index (χ1) is 25.1. The molecule has 0 unspecified atom stereocenters. The quantitative estimate of drug-likeness (QED) is 0.184. The molecule has 1 aliphatic rings. The summed E-state index contributed by atoms with van der Waals surface area (Å²) in [6.07, 6.45) is 0. The van der Waals surface area contributed by atoms with E-state index in [1.54, 1.807) is 0 Å². The molecule has 51 heavy (non-hydrogen) atoms. The van der Waals surface area contributed by atoms with Gasteiger partial charge in [0.1, 0.15) is 5.58 Å². The maximum Gasteiger partial charge on any atom is 0.159 e. The lowest BCUT2D eigenvalue weighted by Crippen LogP contribution is -2.16. The summed E-state index contributed by atoms with van der Waals surface area (Å²) < 4.78 is 6.82. The standard InChI is InChI=1S/C49H35NO/c1-49(2)43-21-11-10-19-40(43)41-29-28-36(31-44(41)49)50(35-26-23-34(24-27-35)38-17-9-8-16-37(38)32-13-4-3-5-14-32)45-22-12-20-42-47-39-18-7-6-15-33(39)25-30-46(47)51-48(42)45/h3-31H,1-2H3. The Kier molecular flexibility index (Phi) is 6.56. The highest BCUT2D eigenvalue weighted by Gasteiger charge is 2.36. The van der Waals surface area contributed by atoms with Gasteiger partial charge in [-0.25, -0.2) is 0 Å². The number of furan rings is 1. The first kappa shape index (κ1) is 29.5. The second kappa shape index (κ2) is 11.3. The van der Waals surface area contributed by atoms with Crippen LogP contribution >= 0.6 is 0 Å². The summed E-state index contributed by atoms with van der Waals surface area (Å²) in [5.41, 5.74) is 15.0. The molecular formula is C49H35NO. The van der Waals surface area contributed by atoms with Gasteiger partial charge in [0.15, 0.2) is 5.58 Å². The molecule has 0 atom stereocenters. The molecule has 0 saturated heterocycles. The molecule has 0 fully saturated rings. The molecule has 0 aliphatic heterocycles. The van der Waals surface area contributed by atoms with Gasteiger partial charge in [-0.2, -0.15) is 0 Å². The van der Waals surface area contributed by atoms with Crippen LogP contribution in [-0.2, 0) is 5.41 Å². The van der Waals surface area contributed by atoms with Crippen LogP contribution < -0.4 is 4.90 Å². The van der Waals surface area contributed by atoms with Gasteiger partial charge in [-0.05, 0) is 91.7 Å². The zero-order chi connectivity index (χ0) is 34.1. The van der Waals surface area contributed by atoms with Crippen molar-refractivity contribution < 1.29 is 4.42 Å². The van der Waals surface area contributed by atoms with Crippen LogP contribution in [0.5, 0.6) is 0 Å². The fourth-order valence-corrected chi connectivity index (χ4v) is 8.38. The molecule has 1 heterocycles. The predicted octanol–water partition coefficient (Wildman–Crippen LogP) is 13.8. The Morgan fingerprint density at radius 3 is 1.88 bits per heavy atom. The molecule has 1 aliphatic carbocycles. The summed E-state index contributed by atoms with van der Waals surface area (Å²) in [5, 5.41) is 4.69. The average Bonchev–Trinajstić information content (AvgIpc) is 3.69. The number of hydrogen-bond acceptors (Lipinski definition) is 2. The Balaban J connectivity index is 1.18. The number of para-hydroxylation sites is 1. The van der Waals surface area contributed by atoms with Crippen LogP contribution in [0.1, 0.15) is 25.0 Å². The number of nitrogens with zero attached hydrogens (tertiary/aromatic N) is 1. The maximum atomic E-state index is 6.82. The van der Waals surface area contributed by atoms with E-state index in [-0.39, 0.29) is 5.41 Å². The van der Waals surface area contributed by atoms with Gasteiger partial charge in [0, 0.05) is 27.6 Å². The average molecular weight is 654 g/mol. The lowest BCUT2D eigenvalue weighted by molar-refractivity contribution is 0.660. The first-order valence-corrected chi connectivity index (χ1v) is 17.7. The van der Waals surface area contributed by atoms with Gasteiger partial charge in [-0.1, -0.05) is 153 Å². The monoisotopic (exact) mass is 653 g/mol. The second-order valence-corrected chi connectivity index (χ2v) is 14.1. The van der Waals surface area contributed by atoms with Crippen molar-refractivity contribution in [3.63, 3.8) is 0 Å². The second-order valence-electron chi connectivity index (χ2n) is 14.1. The van der Waals surface area contributed by atoms with E-state index in [0.29, 0.717) is 0 Å². The molecular weight excluding hydrogens is 619 g/mol. The Labute approximate surface area is 297 Å². The summed E-state index contributed by atoms with van der Waals surface area (Å²) in [6, 6.07) is 63.5. The number of fused-ring (bicyclic) bond motifs is 8. The van der Waals surface area contributed by atoms with Crippen molar-refractivity contribution in [1.82, 2.24) is 0 Å². The topological polar surface area (TPSA) is 16.4 Å². The molecule has 10 rings (SSSR count). The minimum absolute atomic E-state index is 0.122. The van der Waals surface area contributed by atoms with Gasteiger partial charge in [0.05, 0.1) is 5.69 Å². The van der Waals surface area contributed by atoms with E-state index < -0.39 is 0 Å². The Morgan fingerprint density at radius 2 is 1.08 bits per heavy atom. The van der Waals surface area contributed by atoms with Crippen LogP contribution in [0.4, 0.5) is 17.1 Å². The minimum Gasteiger partial charge on any atom is -0.454 e. The molecule has 0 amide bonds. The third-order valence-electron chi connectivity index (χ3n) is 10.9. The van der Waals surface area contributed by atoms with E-state index in [2.05, 4.69) is 195 Å². The summed E-state index contributed by atoms with van der Waals surface area (Å²) in [4.78, 5) is 2.37. The van der Waals surface area contributed by atoms with E-state index in [1.807, 2.05) is 0 Å². The molecule has 1 aromatic heterocycles. The Bertz CT molecular complexity index is 2770. The third kappa shape index (κ3) is 4.57. The predicted molar refractivity (Wildman–Crippen MR) is 214 cm³/mol. The summed E-state index contributed by atoms with van der Waals surface area (Å²) in [7, 11) is 0. The lowest BCUT2D eigenvalue weighted by Gasteiger charge is -2.28. The summed E-state index contributed by atoms with van der Waals surface area (Å²) >= 11 is 0. The van der Waals surface area contributed by atoms with Gasteiger partial charge in [0.25, 0.3) is 0 Å². The highest BCUT2D eigenvalue weighted by atomic mass is 16.3. The first-order valence-electron chi connectivity index (χ1n) is 17.7. The van der Waals surface area contributed by atoms with Gasteiger partial charge >= 0.3 is 0 Å². The van der Waals surface area contributed by atoms with Gasteiger partial charge in [0.2, 0.25) is 0 Å². The van der Waals surface area contributed by atoms with Crippen LogP contribution in [0, 0.1) is 0 Å². The van der Waals surface area contributed by atoms with Crippen molar-refractivity contribution in [2.45, 2.75) is 19.3 Å². The molecule has 242 valence electrons. The third-order valence-corrected chi connectivity index (χ3v) is 10.9. The van der Waals surface area contributed by atoms with E-state index >= 15 is 0 Å². The molecule has 2 heteroatoms. The van der Waals surface area contributed by atoms with Crippen molar-refractivity contribution >= 4 is 49.8 Å². The number of anilines is 3. The molecule has 2 nitrogen and oxygen atoms in total. The van der Waals surface area contributed by atoms with Gasteiger partial charge < -0.3 is 9.32 Å². The van der Waals surface area contributed by atoms with Crippen molar-refractivity contribution in [3.05, 3.63) is 187 Å². The van der Waals surface area contributed by atoms with Crippen LogP contribution in [-0.4, -0.2) is 0 Å². The maximum absolute atomic E-state index is 6.82. The lowest BCUT2D eigenvalue weighted by atomic mass is 9.82. The highest BCUT2D eigenvalue weighted by molar-refractivity contribution is 6.21. The van der Waals surface area contributed by atoms with Gasteiger partial charge in [-0.15, -0.1) is 0 Å². The van der Waals surface area contributed by atoms with Crippen LogP contribution in [0.3, 0.4) is 0 Å². The van der Waals surface area contributed by atoms with Crippen LogP contribution in [0.25, 0.3) is 66.1 Å². The Morgan fingerprint density at radius 1 is 0.451 bits per heavy atom. The number of benzene rings is 8. The molecule has 9 aromatic rings. The SMILES string of the molecule is CC1(C)c2ccccc2-c2ccc(N(c3ccc(-c4ccccc4-c4ccccc4)cc3)c3cccc4c3oc3ccc5ccccc5c34)cc21. The highest BCUT2D eigenvalue weighted by Crippen LogP contribution is 2.51. The van der Waals surface area contributed by atoms with Crippen molar-refractivity contribution in [1.29, 1.82) is 0 Å². The van der Waals surface area contributed by atoms with E-state index in [1.165, 1.54) is 55.3 Å². The van der Waals surface area contributed by atoms with Crippen molar-refractivity contribution in [2.24, 2.45) is 0 Å². The van der Waals surface area contributed by atoms with Gasteiger partial charge in [-0.3, -0.25) is 0 Å². The number of hydrogen-bond donors (Lipinski definition) is 0. The van der Waals surface area contributed by atoms with E-state index in [0.717, 1.165) is 39.0 Å². The summed E-state index contributed by atoms with van der Waals surface area (Å²) in [6.45, 7) is 4.69. The van der Waals surface area contributed by atoms with Crippen LogP contribution in [0.15, 0.2) is 180 Å². The Hall–Kier alpha value is -6.38. The fourth-order valence-electron chi connectivity index (χ4n) is 8.38. The molecule has 0 saturated carbocycles. The zero-order valence-corrected chi connectivity index (χ0v) is 28.6. The van der Waals surface area contributed by atoms with Crippen molar-refractivity contribution in [3.8, 4) is 33.4 Å². The van der Waals surface area contributed by atoms with E-state index in [9.17, 15) is 0 Å². The summed E-state index contributed by atoms with van der Waals surface area (Å²) in [5.74, 6) is 0. The largest absolute Gasteiger partial charge is 0.454 e. The smallest absolute Gasteiger partial charge is 0.159 e. The van der Waals surface area contributed by atoms with Crippen molar-refractivity contribution in [2.75, 3.05) is 4.90 Å². The zero-order valence-electron chi connectivity index (χ0n) is 28.6. The van der Waals surface area contributed by atoms with Crippen LogP contribution in [0.2, 0.25) is 0 Å². The minimum atomic E-state index is -0.122. The molecule has 0 radical (unpaired) electrons.